The molecule has 28 heavy (non-hydrogen) atoms. The van der Waals surface area contributed by atoms with Gasteiger partial charge in [0.15, 0.2) is 5.78 Å². The standard InChI is InChI=1S/C20H14N2O5S/c21-15-7-3-4-8-17(15)28-18-10-9-12(11-16(18)22(26)27)19(23)13-5-1-2-6-14(13)20(24)25/h1-11H,21H2,(H,24,25)/p-1. The van der Waals surface area contributed by atoms with E-state index in [2.05, 4.69) is 0 Å². The van der Waals surface area contributed by atoms with E-state index in [1.54, 1.807) is 24.3 Å². The number of nitrogens with two attached hydrogens (primary N) is 1. The largest absolute Gasteiger partial charge is 0.545 e. The van der Waals surface area contributed by atoms with Gasteiger partial charge in [0.2, 0.25) is 0 Å². The van der Waals surface area contributed by atoms with E-state index >= 15 is 0 Å². The van der Waals surface area contributed by atoms with Crippen LogP contribution in [0.3, 0.4) is 0 Å². The Hall–Kier alpha value is -3.65. The Morgan fingerprint density at radius 3 is 2.18 bits per heavy atom. The minimum atomic E-state index is -1.50. The van der Waals surface area contributed by atoms with Gasteiger partial charge in [-0.1, -0.05) is 48.2 Å². The van der Waals surface area contributed by atoms with Gasteiger partial charge in [-0.05, 0) is 24.3 Å². The van der Waals surface area contributed by atoms with Crippen LogP contribution in [0.5, 0.6) is 0 Å². The fraction of sp³-hybridized carbons (Fsp3) is 0. The minimum absolute atomic E-state index is 0.00536. The smallest absolute Gasteiger partial charge is 0.283 e. The number of para-hydroxylation sites is 1. The molecule has 0 amide bonds. The highest BCUT2D eigenvalue weighted by molar-refractivity contribution is 7.99. The summed E-state index contributed by atoms with van der Waals surface area (Å²) >= 11 is 1.11. The van der Waals surface area contributed by atoms with Gasteiger partial charge >= 0.3 is 0 Å². The summed E-state index contributed by atoms with van der Waals surface area (Å²) in [6.45, 7) is 0. The van der Waals surface area contributed by atoms with Gasteiger partial charge in [0.25, 0.3) is 5.69 Å². The average Bonchev–Trinajstić information content (AvgIpc) is 2.69. The molecule has 7 nitrogen and oxygen atoms in total. The van der Waals surface area contributed by atoms with E-state index in [-0.39, 0.29) is 22.4 Å². The Kier molecular flexibility index (Phi) is 5.42. The van der Waals surface area contributed by atoms with E-state index in [4.69, 9.17) is 5.73 Å². The van der Waals surface area contributed by atoms with Gasteiger partial charge in [-0.25, -0.2) is 0 Å². The predicted octanol–water partition coefficient (Wildman–Crippen LogP) is 2.92. The lowest BCUT2D eigenvalue weighted by Crippen LogP contribution is -2.25. The number of carbonyl (C=O) groups excluding carboxylic acids is 2. The lowest BCUT2D eigenvalue weighted by Gasteiger charge is -2.10. The molecular weight excluding hydrogens is 380 g/mol. The molecule has 0 unspecified atom stereocenters. The van der Waals surface area contributed by atoms with Crippen molar-refractivity contribution in [3.05, 3.63) is 93.5 Å². The molecule has 140 valence electrons. The first kappa shape index (κ1) is 19.1. The molecule has 0 aliphatic carbocycles. The summed E-state index contributed by atoms with van der Waals surface area (Å²) in [6.07, 6.45) is 0. The number of carboxylic acid groups (broad SMARTS) is 1. The van der Waals surface area contributed by atoms with E-state index in [0.717, 1.165) is 17.8 Å². The molecule has 0 spiro atoms. The zero-order chi connectivity index (χ0) is 20.3. The second-order valence-corrected chi connectivity index (χ2v) is 6.83. The average molecular weight is 393 g/mol. The van der Waals surface area contributed by atoms with Gasteiger partial charge < -0.3 is 15.6 Å². The van der Waals surface area contributed by atoms with Gasteiger partial charge in [-0.2, -0.15) is 0 Å². The van der Waals surface area contributed by atoms with Crippen LogP contribution in [-0.4, -0.2) is 16.7 Å². The van der Waals surface area contributed by atoms with Crippen molar-refractivity contribution in [2.75, 3.05) is 5.73 Å². The summed E-state index contributed by atoms with van der Waals surface area (Å²) < 4.78 is 0. The molecule has 0 aliphatic rings. The van der Waals surface area contributed by atoms with E-state index in [1.807, 2.05) is 0 Å². The lowest BCUT2D eigenvalue weighted by molar-refractivity contribution is -0.387. The first-order chi connectivity index (χ1) is 13.4. The summed E-state index contributed by atoms with van der Waals surface area (Å²) in [5.41, 5.74) is 5.73. The molecule has 0 saturated heterocycles. The highest BCUT2D eigenvalue weighted by Crippen LogP contribution is 2.38. The number of nitrogen functional groups attached to an aromatic ring is 1. The topological polar surface area (TPSA) is 126 Å². The van der Waals surface area contributed by atoms with Crippen molar-refractivity contribution in [3.8, 4) is 0 Å². The molecule has 0 fully saturated rings. The van der Waals surface area contributed by atoms with Crippen LogP contribution in [0.25, 0.3) is 0 Å². The van der Waals surface area contributed by atoms with Crippen LogP contribution in [0.4, 0.5) is 11.4 Å². The number of anilines is 1. The molecule has 8 heteroatoms. The monoisotopic (exact) mass is 393 g/mol. The van der Waals surface area contributed by atoms with Crippen LogP contribution in [0.1, 0.15) is 26.3 Å². The van der Waals surface area contributed by atoms with E-state index < -0.39 is 16.7 Å². The number of ketones is 1. The number of hydrogen-bond donors (Lipinski definition) is 1. The molecule has 0 saturated carbocycles. The normalized spacial score (nSPS) is 10.4. The third-order valence-electron chi connectivity index (χ3n) is 3.95. The minimum Gasteiger partial charge on any atom is -0.545 e. The van der Waals surface area contributed by atoms with E-state index in [1.165, 1.54) is 36.4 Å². The summed E-state index contributed by atoms with van der Waals surface area (Å²) in [5, 5.41) is 22.8. The Balaban J connectivity index is 2.02. The SMILES string of the molecule is Nc1ccccc1Sc1ccc(C(=O)c2ccccc2C(=O)[O-])cc1[N+](=O)[O-]. The molecular formula is C20H13N2O5S-. The summed E-state index contributed by atoms with van der Waals surface area (Å²) in [5.74, 6) is -2.14. The zero-order valence-corrected chi connectivity index (χ0v) is 15.1. The third kappa shape index (κ3) is 3.86. The summed E-state index contributed by atoms with van der Waals surface area (Å²) in [7, 11) is 0. The van der Waals surface area contributed by atoms with Crippen LogP contribution in [0.15, 0.2) is 76.5 Å². The lowest BCUT2D eigenvalue weighted by atomic mass is 9.98. The van der Waals surface area contributed by atoms with Crippen molar-refractivity contribution >= 4 is 34.9 Å². The molecule has 0 heterocycles. The Morgan fingerprint density at radius 1 is 0.893 bits per heavy atom. The molecule has 0 aromatic heterocycles. The molecule has 0 bridgehead atoms. The van der Waals surface area contributed by atoms with Gasteiger partial charge in [0, 0.05) is 33.3 Å². The second-order valence-electron chi connectivity index (χ2n) is 5.74. The van der Waals surface area contributed by atoms with Crippen molar-refractivity contribution in [1.82, 2.24) is 0 Å². The molecule has 0 radical (unpaired) electrons. The van der Waals surface area contributed by atoms with Crippen molar-refractivity contribution in [2.24, 2.45) is 0 Å². The number of nitrogens with zero attached hydrogens (tertiary/aromatic N) is 1. The number of benzene rings is 3. The zero-order valence-electron chi connectivity index (χ0n) is 14.3. The van der Waals surface area contributed by atoms with Crippen molar-refractivity contribution in [2.45, 2.75) is 9.79 Å². The maximum Gasteiger partial charge on any atom is 0.283 e. The Labute approximate surface area is 164 Å². The molecule has 3 rings (SSSR count). The maximum atomic E-state index is 12.7. The van der Waals surface area contributed by atoms with Gasteiger partial charge in [0.05, 0.1) is 15.8 Å². The number of hydrogen-bond acceptors (Lipinski definition) is 7. The first-order valence-corrected chi connectivity index (χ1v) is 8.86. The molecule has 0 atom stereocenters. The Morgan fingerprint density at radius 2 is 1.54 bits per heavy atom. The maximum absolute atomic E-state index is 12.7. The highest BCUT2D eigenvalue weighted by Gasteiger charge is 2.21. The number of carboxylic acids is 1. The Bertz CT molecular complexity index is 1100. The van der Waals surface area contributed by atoms with Crippen LogP contribution in [0.2, 0.25) is 0 Å². The van der Waals surface area contributed by atoms with Crippen molar-refractivity contribution in [1.29, 1.82) is 0 Å². The third-order valence-corrected chi connectivity index (χ3v) is 5.11. The van der Waals surface area contributed by atoms with E-state index in [0.29, 0.717) is 15.5 Å². The molecule has 3 aromatic rings. The van der Waals surface area contributed by atoms with Crippen LogP contribution < -0.4 is 10.8 Å². The van der Waals surface area contributed by atoms with Crippen LogP contribution in [-0.2, 0) is 0 Å². The quantitative estimate of drug-likeness (QED) is 0.295. The van der Waals surface area contributed by atoms with Gasteiger partial charge in [0.1, 0.15) is 0 Å². The van der Waals surface area contributed by atoms with Gasteiger partial charge in [-0.3, -0.25) is 14.9 Å². The number of nitro benzene ring substituents is 1. The predicted molar refractivity (Wildman–Crippen MR) is 102 cm³/mol. The van der Waals surface area contributed by atoms with Crippen LogP contribution >= 0.6 is 11.8 Å². The highest BCUT2D eigenvalue weighted by atomic mass is 32.2. The van der Waals surface area contributed by atoms with Crippen molar-refractivity contribution < 1.29 is 19.6 Å². The second kappa shape index (κ2) is 7.93. The number of aromatic carboxylic acids is 1. The molecule has 0 aliphatic heterocycles. The van der Waals surface area contributed by atoms with Gasteiger partial charge in [-0.15, -0.1) is 0 Å². The number of rotatable bonds is 6. The summed E-state index contributed by atoms with van der Waals surface area (Å²) in [6, 6.07) is 16.5. The summed E-state index contributed by atoms with van der Waals surface area (Å²) in [4.78, 5) is 35.9. The molecule has 2 N–H and O–H groups in total. The van der Waals surface area contributed by atoms with Crippen molar-refractivity contribution in [3.63, 3.8) is 0 Å². The number of carbonyl (C=O) groups is 2. The van der Waals surface area contributed by atoms with E-state index in [9.17, 15) is 24.8 Å². The first-order valence-electron chi connectivity index (χ1n) is 8.04. The number of nitro groups is 1. The fourth-order valence-electron chi connectivity index (χ4n) is 2.59. The molecule has 3 aromatic carbocycles. The van der Waals surface area contributed by atoms with Crippen LogP contribution in [0, 0.1) is 10.1 Å². The fourth-order valence-corrected chi connectivity index (χ4v) is 3.54.